The SMILES string of the molecule is C[C@H](C(=O)Nc1ccc(F)c(F)c1)[NH+]1CCN(c2ccc(O)cc2)CC1. The van der Waals surface area contributed by atoms with E-state index in [1.165, 1.54) is 6.07 Å². The molecule has 26 heavy (non-hydrogen) atoms. The highest BCUT2D eigenvalue weighted by Gasteiger charge is 2.29. The van der Waals surface area contributed by atoms with Crippen LogP contribution >= 0.6 is 0 Å². The summed E-state index contributed by atoms with van der Waals surface area (Å²) in [5.41, 5.74) is 1.30. The van der Waals surface area contributed by atoms with Crippen LogP contribution in [-0.4, -0.2) is 43.2 Å². The van der Waals surface area contributed by atoms with E-state index < -0.39 is 11.6 Å². The molecule has 0 saturated carbocycles. The maximum absolute atomic E-state index is 13.3. The third-order valence-electron chi connectivity index (χ3n) is 4.81. The molecular formula is C19H22F2N3O2+. The molecule has 1 aliphatic heterocycles. The number of phenolic OH excluding ortho intramolecular Hbond substituents is 1. The predicted molar refractivity (Wildman–Crippen MR) is 95.5 cm³/mol. The molecule has 7 heteroatoms. The van der Waals surface area contributed by atoms with Gasteiger partial charge in [-0.1, -0.05) is 0 Å². The number of anilines is 2. The molecule has 1 heterocycles. The third kappa shape index (κ3) is 4.11. The Hall–Kier alpha value is -2.67. The maximum Gasteiger partial charge on any atom is 0.282 e. The van der Waals surface area contributed by atoms with Crippen LogP contribution in [0.5, 0.6) is 5.75 Å². The van der Waals surface area contributed by atoms with Crippen LogP contribution in [0.1, 0.15) is 6.92 Å². The van der Waals surface area contributed by atoms with Crippen LogP contribution in [-0.2, 0) is 4.79 Å². The minimum atomic E-state index is -0.981. The van der Waals surface area contributed by atoms with Gasteiger partial charge < -0.3 is 20.2 Å². The zero-order valence-corrected chi connectivity index (χ0v) is 14.5. The molecule has 2 aromatic rings. The first-order valence-corrected chi connectivity index (χ1v) is 8.58. The summed E-state index contributed by atoms with van der Waals surface area (Å²) in [5, 5.41) is 12.0. The van der Waals surface area contributed by atoms with Crippen LogP contribution in [0.25, 0.3) is 0 Å². The van der Waals surface area contributed by atoms with Gasteiger partial charge in [-0.15, -0.1) is 0 Å². The Morgan fingerprint density at radius 1 is 1.12 bits per heavy atom. The van der Waals surface area contributed by atoms with Crippen molar-refractivity contribution in [1.82, 2.24) is 0 Å². The normalized spacial score (nSPS) is 16.3. The quantitative estimate of drug-likeness (QED) is 0.771. The lowest BCUT2D eigenvalue weighted by molar-refractivity contribution is -0.914. The lowest BCUT2D eigenvalue weighted by Gasteiger charge is -2.36. The number of phenols is 1. The summed E-state index contributed by atoms with van der Waals surface area (Å²) < 4.78 is 26.2. The van der Waals surface area contributed by atoms with Crippen molar-refractivity contribution in [2.45, 2.75) is 13.0 Å². The van der Waals surface area contributed by atoms with Crippen LogP contribution in [0.15, 0.2) is 42.5 Å². The molecule has 0 spiro atoms. The molecule has 1 fully saturated rings. The number of amides is 1. The van der Waals surface area contributed by atoms with Gasteiger partial charge in [-0.2, -0.15) is 0 Å². The molecule has 1 amide bonds. The van der Waals surface area contributed by atoms with E-state index in [9.17, 15) is 18.7 Å². The molecule has 1 saturated heterocycles. The van der Waals surface area contributed by atoms with Crippen molar-refractivity contribution in [3.05, 3.63) is 54.1 Å². The highest BCUT2D eigenvalue weighted by molar-refractivity contribution is 5.93. The first-order valence-electron chi connectivity index (χ1n) is 8.58. The van der Waals surface area contributed by atoms with Crippen molar-refractivity contribution < 1.29 is 23.6 Å². The molecule has 0 aliphatic carbocycles. The summed E-state index contributed by atoms with van der Waals surface area (Å²) in [6.45, 7) is 4.99. The molecule has 5 nitrogen and oxygen atoms in total. The summed E-state index contributed by atoms with van der Waals surface area (Å²) in [5.74, 6) is -1.90. The average Bonchev–Trinajstić information content (AvgIpc) is 2.65. The number of nitrogens with zero attached hydrogens (tertiary/aromatic N) is 1. The van der Waals surface area contributed by atoms with Gasteiger partial charge in [-0.05, 0) is 43.3 Å². The van der Waals surface area contributed by atoms with Gasteiger partial charge in [0.25, 0.3) is 5.91 Å². The van der Waals surface area contributed by atoms with Crippen LogP contribution in [0, 0.1) is 11.6 Å². The van der Waals surface area contributed by atoms with E-state index in [4.69, 9.17) is 0 Å². The average molecular weight is 362 g/mol. The smallest absolute Gasteiger partial charge is 0.282 e. The molecule has 3 N–H and O–H groups in total. The van der Waals surface area contributed by atoms with Crippen molar-refractivity contribution in [1.29, 1.82) is 0 Å². The molecule has 0 radical (unpaired) electrons. The zero-order valence-electron chi connectivity index (χ0n) is 14.5. The second-order valence-electron chi connectivity index (χ2n) is 6.50. The third-order valence-corrected chi connectivity index (χ3v) is 4.81. The number of rotatable bonds is 4. The number of quaternary nitrogens is 1. The number of aromatic hydroxyl groups is 1. The number of halogens is 2. The van der Waals surface area contributed by atoms with Gasteiger partial charge in [0.05, 0.1) is 26.2 Å². The molecule has 0 aromatic heterocycles. The Morgan fingerprint density at radius 2 is 1.77 bits per heavy atom. The predicted octanol–water partition coefficient (Wildman–Crippen LogP) is 1.40. The maximum atomic E-state index is 13.3. The van der Waals surface area contributed by atoms with Crippen molar-refractivity contribution in [2.75, 3.05) is 36.4 Å². The Bertz CT molecular complexity index is 775. The van der Waals surface area contributed by atoms with E-state index in [-0.39, 0.29) is 23.4 Å². The highest BCUT2D eigenvalue weighted by atomic mass is 19.2. The molecule has 2 aromatic carbocycles. The monoisotopic (exact) mass is 362 g/mol. The standard InChI is InChI=1S/C19H21F2N3O2/c1-13(19(26)22-14-2-7-17(20)18(21)12-14)23-8-10-24(11-9-23)15-3-5-16(25)6-4-15/h2-7,12-13,25H,8-11H2,1H3,(H,22,26)/p+1/t13-/m1/s1. The molecule has 0 bridgehead atoms. The lowest BCUT2D eigenvalue weighted by Crippen LogP contribution is -3.19. The van der Waals surface area contributed by atoms with Crippen LogP contribution in [0.3, 0.4) is 0 Å². The Labute approximate surface area is 150 Å². The number of carbonyl (C=O) groups excluding carboxylic acids is 1. The largest absolute Gasteiger partial charge is 0.508 e. The van der Waals surface area contributed by atoms with E-state index in [1.807, 2.05) is 19.1 Å². The van der Waals surface area contributed by atoms with E-state index in [1.54, 1.807) is 12.1 Å². The summed E-state index contributed by atoms with van der Waals surface area (Å²) >= 11 is 0. The summed E-state index contributed by atoms with van der Waals surface area (Å²) in [6.07, 6.45) is 0. The van der Waals surface area contributed by atoms with Crippen molar-refractivity contribution in [2.24, 2.45) is 0 Å². The van der Waals surface area contributed by atoms with Gasteiger partial charge in [0.2, 0.25) is 0 Å². The second-order valence-corrected chi connectivity index (χ2v) is 6.50. The van der Waals surface area contributed by atoms with E-state index in [0.29, 0.717) is 0 Å². The number of nitrogens with one attached hydrogen (secondary N) is 2. The van der Waals surface area contributed by atoms with E-state index in [2.05, 4.69) is 10.2 Å². The molecule has 0 unspecified atom stereocenters. The molecule has 1 atom stereocenters. The van der Waals surface area contributed by atoms with E-state index in [0.717, 1.165) is 48.9 Å². The first kappa shape index (κ1) is 18.1. The minimum Gasteiger partial charge on any atom is -0.508 e. The number of piperazine rings is 1. The fourth-order valence-electron chi connectivity index (χ4n) is 3.16. The van der Waals surface area contributed by atoms with Gasteiger partial charge in [0, 0.05) is 17.4 Å². The molecule has 3 rings (SSSR count). The Kier molecular flexibility index (Phi) is 5.37. The van der Waals surface area contributed by atoms with Crippen molar-refractivity contribution in [3.8, 4) is 5.75 Å². The number of hydrogen-bond donors (Lipinski definition) is 3. The van der Waals surface area contributed by atoms with Crippen molar-refractivity contribution >= 4 is 17.3 Å². The fourth-order valence-corrected chi connectivity index (χ4v) is 3.16. The fraction of sp³-hybridized carbons (Fsp3) is 0.316. The Balaban J connectivity index is 1.55. The van der Waals surface area contributed by atoms with Gasteiger partial charge in [0.1, 0.15) is 5.75 Å². The highest BCUT2D eigenvalue weighted by Crippen LogP contribution is 2.18. The second kappa shape index (κ2) is 7.70. The molecular weight excluding hydrogens is 340 g/mol. The molecule has 1 aliphatic rings. The lowest BCUT2D eigenvalue weighted by atomic mass is 10.2. The topological polar surface area (TPSA) is 57.0 Å². The summed E-state index contributed by atoms with van der Waals surface area (Å²) in [7, 11) is 0. The van der Waals surface area contributed by atoms with Crippen LogP contribution in [0.4, 0.5) is 20.2 Å². The van der Waals surface area contributed by atoms with Gasteiger partial charge in [-0.25, -0.2) is 8.78 Å². The van der Waals surface area contributed by atoms with Crippen molar-refractivity contribution in [3.63, 3.8) is 0 Å². The van der Waals surface area contributed by atoms with Gasteiger partial charge >= 0.3 is 0 Å². The summed E-state index contributed by atoms with van der Waals surface area (Å²) in [6, 6.07) is 10.1. The summed E-state index contributed by atoms with van der Waals surface area (Å²) in [4.78, 5) is 15.8. The Morgan fingerprint density at radius 3 is 2.38 bits per heavy atom. The number of carbonyl (C=O) groups is 1. The first-order chi connectivity index (χ1) is 12.4. The van der Waals surface area contributed by atoms with E-state index >= 15 is 0 Å². The number of hydrogen-bond acceptors (Lipinski definition) is 3. The van der Waals surface area contributed by atoms with Gasteiger partial charge in [0.15, 0.2) is 17.7 Å². The van der Waals surface area contributed by atoms with Crippen LogP contribution in [0.2, 0.25) is 0 Å². The van der Waals surface area contributed by atoms with Gasteiger partial charge in [-0.3, -0.25) is 4.79 Å². The number of benzene rings is 2. The molecule has 138 valence electrons. The van der Waals surface area contributed by atoms with Crippen LogP contribution < -0.4 is 15.1 Å². The zero-order chi connectivity index (χ0) is 18.7. The minimum absolute atomic E-state index is 0.218.